The summed E-state index contributed by atoms with van der Waals surface area (Å²) in [6.07, 6.45) is 0.855. The summed E-state index contributed by atoms with van der Waals surface area (Å²) in [5, 5.41) is 10.3. The highest BCUT2D eigenvalue weighted by molar-refractivity contribution is 14.0. The Bertz CT molecular complexity index is 844. The first-order valence-corrected chi connectivity index (χ1v) is 10.6. The van der Waals surface area contributed by atoms with Gasteiger partial charge in [0.15, 0.2) is 5.96 Å². The lowest BCUT2D eigenvalue weighted by Crippen LogP contribution is -2.38. The van der Waals surface area contributed by atoms with Gasteiger partial charge in [0.05, 0.1) is 6.54 Å². The van der Waals surface area contributed by atoms with Crippen molar-refractivity contribution in [1.82, 2.24) is 20.9 Å². The standard InChI is InChI=1S/C23H32ClN5O.HI/c1-4-25-23(27-12-11-18-7-6-10-21(24)16-18)28-17-19-8-5-9-20(15-19)22(30)26-13-14-29(2)3;/h5-10,15-16H,4,11-14,17H2,1-3H3,(H,26,30)(H2,25,27,28);1H. The van der Waals surface area contributed by atoms with Crippen LogP contribution in [0.3, 0.4) is 0 Å². The summed E-state index contributed by atoms with van der Waals surface area (Å²) < 4.78 is 0. The summed E-state index contributed by atoms with van der Waals surface area (Å²) in [7, 11) is 3.96. The molecule has 31 heavy (non-hydrogen) atoms. The number of nitrogens with one attached hydrogen (secondary N) is 3. The topological polar surface area (TPSA) is 68.8 Å². The van der Waals surface area contributed by atoms with Crippen LogP contribution in [0.4, 0.5) is 0 Å². The van der Waals surface area contributed by atoms with E-state index in [0.717, 1.165) is 42.6 Å². The lowest BCUT2D eigenvalue weighted by Gasteiger charge is -2.12. The van der Waals surface area contributed by atoms with Gasteiger partial charge in [0.25, 0.3) is 5.91 Å². The van der Waals surface area contributed by atoms with E-state index in [1.165, 1.54) is 5.56 Å². The lowest BCUT2D eigenvalue weighted by atomic mass is 10.1. The molecule has 0 heterocycles. The number of rotatable bonds is 10. The third kappa shape index (κ3) is 10.8. The predicted octanol–water partition coefficient (Wildman–Crippen LogP) is 3.55. The molecule has 2 aromatic carbocycles. The van der Waals surface area contributed by atoms with E-state index in [-0.39, 0.29) is 29.9 Å². The zero-order valence-electron chi connectivity index (χ0n) is 18.5. The molecule has 2 aromatic rings. The van der Waals surface area contributed by atoms with Gasteiger partial charge in [-0.25, -0.2) is 4.99 Å². The van der Waals surface area contributed by atoms with Crippen molar-refractivity contribution in [2.75, 3.05) is 40.3 Å². The highest BCUT2D eigenvalue weighted by Gasteiger charge is 2.06. The molecule has 0 aliphatic heterocycles. The highest BCUT2D eigenvalue weighted by atomic mass is 127. The lowest BCUT2D eigenvalue weighted by molar-refractivity contribution is 0.0951. The van der Waals surface area contributed by atoms with Gasteiger partial charge < -0.3 is 20.9 Å². The molecule has 0 fully saturated rings. The fourth-order valence-corrected chi connectivity index (χ4v) is 3.05. The SMILES string of the molecule is CCNC(=NCc1cccc(C(=O)NCCN(C)C)c1)NCCc1cccc(Cl)c1.I. The Labute approximate surface area is 207 Å². The van der Waals surface area contributed by atoms with E-state index in [2.05, 4.69) is 27.0 Å². The van der Waals surface area contributed by atoms with Crippen LogP contribution in [-0.4, -0.2) is 57.0 Å². The van der Waals surface area contributed by atoms with Crippen LogP contribution in [0.25, 0.3) is 0 Å². The van der Waals surface area contributed by atoms with E-state index >= 15 is 0 Å². The minimum Gasteiger partial charge on any atom is -0.357 e. The molecule has 2 rings (SSSR count). The van der Waals surface area contributed by atoms with Crippen LogP contribution in [-0.2, 0) is 13.0 Å². The maximum Gasteiger partial charge on any atom is 0.251 e. The third-order valence-electron chi connectivity index (χ3n) is 4.39. The summed E-state index contributed by atoms with van der Waals surface area (Å²) in [6, 6.07) is 15.5. The second kappa shape index (κ2) is 15.0. The van der Waals surface area contributed by atoms with E-state index in [4.69, 9.17) is 11.6 Å². The van der Waals surface area contributed by atoms with Gasteiger partial charge in [0.1, 0.15) is 0 Å². The monoisotopic (exact) mass is 557 g/mol. The van der Waals surface area contributed by atoms with Gasteiger partial charge in [-0.05, 0) is 62.8 Å². The molecule has 0 aliphatic rings. The smallest absolute Gasteiger partial charge is 0.251 e. The first-order valence-electron chi connectivity index (χ1n) is 10.3. The summed E-state index contributed by atoms with van der Waals surface area (Å²) >= 11 is 6.04. The van der Waals surface area contributed by atoms with Crippen molar-refractivity contribution in [3.63, 3.8) is 0 Å². The minimum absolute atomic E-state index is 0. The number of aliphatic imine (C=N–C) groups is 1. The van der Waals surface area contributed by atoms with Crippen LogP contribution in [0.15, 0.2) is 53.5 Å². The largest absolute Gasteiger partial charge is 0.357 e. The van der Waals surface area contributed by atoms with Crippen molar-refractivity contribution < 1.29 is 4.79 Å². The Morgan fingerprint density at radius 2 is 1.74 bits per heavy atom. The Morgan fingerprint density at radius 1 is 1.00 bits per heavy atom. The van der Waals surface area contributed by atoms with Gasteiger partial charge >= 0.3 is 0 Å². The molecule has 0 spiro atoms. The maximum absolute atomic E-state index is 12.3. The van der Waals surface area contributed by atoms with Gasteiger partial charge in [-0.2, -0.15) is 0 Å². The highest BCUT2D eigenvalue weighted by Crippen LogP contribution is 2.10. The second-order valence-corrected chi connectivity index (χ2v) is 7.70. The average molecular weight is 558 g/mol. The predicted molar refractivity (Wildman–Crippen MR) is 141 cm³/mol. The van der Waals surface area contributed by atoms with Gasteiger partial charge in [-0.3, -0.25) is 4.79 Å². The zero-order chi connectivity index (χ0) is 21.8. The fraction of sp³-hybridized carbons (Fsp3) is 0.391. The van der Waals surface area contributed by atoms with E-state index in [1.807, 2.05) is 68.4 Å². The summed E-state index contributed by atoms with van der Waals surface area (Å²) in [5.41, 5.74) is 2.82. The number of carbonyl (C=O) groups excluding carboxylic acids is 1. The van der Waals surface area contributed by atoms with Gasteiger partial charge in [0, 0.05) is 36.8 Å². The van der Waals surface area contributed by atoms with Gasteiger partial charge in [0.2, 0.25) is 0 Å². The molecule has 8 heteroatoms. The number of hydrogen-bond acceptors (Lipinski definition) is 3. The molecule has 3 N–H and O–H groups in total. The van der Waals surface area contributed by atoms with Gasteiger partial charge in [-0.15, -0.1) is 24.0 Å². The molecule has 0 radical (unpaired) electrons. The Kier molecular flexibility index (Phi) is 13.2. The van der Waals surface area contributed by atoms with E-state index in [0.29, 0.717) is 18.7 Å². The zero-order valence-corrected chi connectivity index (χ0v) is 21.5. The second-order valence-electron chi connectivity index (χ2n) is 7.26. The number of nitrogens with zero attached hydrogens (tertiary/aromatic N) is 2. The first-order chi connectivity index (χ1) is 14.5. The maximum atomic E-state index is 12.3. The van der Waals surface area contributed by atoms with Crippen LogP contribution in [0, 0.1) is 0 Å². The fourth-order valence-electron chi connectivity index (χ4n) is 2.84. The number of carbonyl (C=O) groups is 1. The molecule has 170 valence electrons. The summed E-state index contributed by atoms with van der Waals surface area (Å²) in [4.78, 5) is 19.0. The van der Waals surface area contributed by atoms with Crippen molar-refractivity contribution in [1.29, 1.82) is 0 Å². The molecule has 0 unspecified atom stereocenters. The third-order valence-corrected chi connectivity index (χ3v) is 4.63. The first kappa shape index (κ1) is 27.2. The molecule has 0 saturated carbocycles. The van der Waals surface area contributed by atoms with Crippen LogP contribution >= 0.6 is 35.6 Å². The molecule has 1 amide bonds. The molecular formula is C23H33ClIN5O. The minimum atomic E-state index is -0.0609. The van der Waals surface area contributed by atoms with Crippen molar-refractivity contribution in [2.45, 2.75) is 19.9 Å². The van der Waals surface area contributed by atoms with Crippen molar-refractivity contribution >= 4 is 47.4 Å². The number of likely N-dealkylation sites (N-methyl/N-ethyl adjacent to an activating group) is 1. The molecule has 0 atom stereocenters. The van der Waals surface area contributed by atoms with E-state index in [1.54, 1.807) is 0 Å². The number of halogens is 2. The molecule has 0 saturated heterocycles. The number of guanidine groups is 1. The van der Waals surface area contributed by atoms with Crippen LogP contribution in [0.5, 0.6) is 0 Å². The van der Waals surface area contributed by atoms with Crippen molar-refractivity contribution in [2.24, 2.45) is 4.99 Å². The van der Waals surface area contributed by atoms with E-state index < -0.39 is 0 Å². The molecule has 0 aliphatic carbocycles. The molecular weight excluding hydrogens is 525 g/mol. The summed E-state index contributed by atoms with van der Waals surface area (Å²) in [6.45, 7) is 5.48. The quantitative estimate of drug-likeness (QED) is 0.238. The summed E-state index contributed by atoms with van der Waals surface area (Å²) in [5.74, 6) is 0.689. The number of hydrogen-bond donors (Lipinski definition) is 3. The Morgan fingerprint density at radius 3 is 2.45 bits per heavy atom. The normalized spacial score (nSPS) is 11.1. The molecule has 0 bridgehead atoms. The molecule has 0 aromatic heterocycles. The average Bonchev–Trinajstić information content (AvgIpc) is 2.72. The number of amides is 1. The van der Waals surface area contributed by atoms with Gasteiger partial charge in [-0.1, -0.05) is 35.9 Å². The molecule has 6 nitrogen and oxygen atoms in total. The van der Waals surface area contributed by atoms with Crippen molar-refractivity contribution in [3.8, 4) is 0 Å². The Hall–Kier alpha value is -1.84. The van der Waals surface area contributed by atoms with E-state index in [9.17, 15) is 4.79 Å². The van der Waals surface area contributed by atoms with Crippen LogP contribution < -0.4 is 16.0 Å². The number of benzene rings is 2. The van der Waals surface area contributed by atoms with Crippen molar-refractivity contribution in [3.05, 3.63) is 70.2 Å². The Balaban J connectivity index is 0.00000480. The van der Waals surface area contributed by atoms with Crippen LogP contribution in [0.2, 0.25) is 5.02 Å². The van der Waals surface area contributed by atoms with Crippen LogP contribution in [0.1, 0.15) is 28.4 Å².